The lowest BCUT2D eigenvalue weighted by molar-refractivity contribution is 0.0705. The van der Waals surface area contributed by atoms with Crippen LogP contribution < -0.4 is 0 Å². The zero-order valence-electron chi connectivity index (χ0n) is 19.4. The van der Waals surface area contributed by atoms with E-state index in [0.29, 0.717) is 22.2 Å². The molecule has 1 aliphatic carbocycles. The van der Waals surface area contributed by atoms with E-state index < -0.39 is 12.1 Å². The van der Waals surface area contributed by atoms with Crippen LogP contribution in [0.3, 0.4) is 0 Å². The van der Waals surface area contributed by atoms with E-state index in [9.17, 15) is 19.4 Å². The molecule has 8 heteroatoms. The van der Waals surface area contributed by atoms with E-state index in [0.717, 1.165) is 36.8 Å². The molecular formula is C27H29ClFN3O3. The fraction of sp³-hybridized carbons (Fsp3) is 0.370. The second-order valence-corrected chi connectivity index (χ2v) is 9.49. The van der Waals surface area contributed by atoms with Crippen LogP contribution in [0.5, 0.6) is 0 Å². The summed E-state index contributed by atoms with van der Waals surface area (Å²) in [6, 6.07) is 14.2. The Bertz CT molecular complexity index is 1130. The average Bonchev–Trinajstić information content (AvgIpc) is 3.33. The summed E-state index contributed by atoms with van der Waals surface area (Å²) in [6.45, 7) is -0.0773. The summed E-state index contributed by atoms with van der Waals surface area (Å²) in [7, 11) is 0. The van der Waals surface area contributed by atoms with Gasteiger partial charge in [-0.2, -0.15) is 4.39 Å². The summed E-state index contributed by atoms with van der Waals surface area (Å²) in [6.07, 6.45) is 6.23. The number of aliphatic hydroxyl groups is 2. The summed E-state index contributed by atoms with van der Waals surface area (Å²) in [5, 5.41) is 20.6. The molecule has 0 spiro atoms. The number of hydrogen-bond acceptors (Lipinski definition) is 5. The number of amides is 1. The zero-order chi connectivity index (χ0) is 24.8. The average molecular weight is 498 g/mol. The maximum Gasteiger partial charge on any atom is 0.254 e. The molecule has 0 radical (unpaired) electrons. The molecule has 35 heavy (non-hydrogen) atoms. The van der Waals surface area contributed by atoms with Crippen LogP contribution in [0.4, 0.5) is 4.39 Å². The first-order valence-electron chi connectivity index (χ1n) is 11.8. The number of benzene rings is 1. The van der Waals surface area contributed by atoms with Crippen molar-refractivity contribution in [3.8, 4) is 0 Å². The van der Waals surface area contributed by atoms with Crippen molar-refractivity contribution in [1.29, 1.82) is 0 Å². The van der Waals surface area contributed by atoms with Crippen LogP contribution in [0.2, 0.25) is 5.15 Å². The third-order valence-electron chi connectivity index (χ3n) is 6.70. The number of carbonyl (C=O) groups is 1. The van der Waals surface area contributed by atoms with Crippen molar-refractivity contribution >= 4 is 17.5 Å². The van der Waals surface area contributed by atoms with Gasteiger partial charge in [0.25, 0.3) is 5.91 Å². The first kappa shape index (κ1) is 25.2. The summed E-state index contributed by atoms with van der Waals surface area (Å²) in [5.41, 5.74) is 2.71. The highest BCUT2D eigenvalue weighted by atomic mass is 35.5. The molecule has 2 heterocycles. The Morgan fingerprint density at radius 2 is 1.94 bits per heavy atom. The molecule has 0 aliphatic heterocycles. The van der Waals surface area contributed by atoms with Gasteiger partial charge < -0.3 is 15.1 Å². The number of nitrogens with zero attached hydrogens (tertiary/aromatic N) is 3. The molecule has 1 fully saturated rings. The molecule has 0 saturated heterocycles. The van der Waals surface area contributed by atoms with Crippen LogP contribution in [0.1, 0.15) is 52.4 Å². The number of rotatable bonds is 9. The maximum absolute atomic E-state index is 14.0. The number of pyridine rings is 2. The topological polar surface area (TPSA) is 86.5 Å². The number of aromatic nitrogens is 2. The summed E-state index contributed by atoms with van der Waals surface area (Å²) in [4.78, 5) is 22.1. The van der Waals surface area contributed by atoms with Crippen LogP contribution in [0.25, 0.3) is 0 Å². The number of carbonyl (C=O) groups excluding carboxylic acids is 1. The van der Waals surface area contributed by atoms with Gasteiger partial charge in [0.2, 0.25) is 5.95 Å². The first-order chi connectivity index (χ1) is 16.9. The minimum atomic E-state index is -0.620. The van der Waals surface area contributed by atoms with Crippen molar-refractivity contribution in [2.45, 2.75) is 38.3 Å². The van der Waals surface area contributed by atoms with Gasteiger partial charge >= 0.3 is 0 Å². The number of hydrogen-bond donors (Lipinski definition) is 2. The summed E-state index contributed by atoms with van der Waals surface area (Å²) < 4.78 is 14.0. The maximum atomic E-state index is 14.0. The van der Waals surface area contributed by atoms with E-state index >= 15 is 0 Å². The zero-order valence-corrected chi connectivity index (χ0v) is 20.1. The Morgan fingerprint density at radius 1 is 1.14 bits per heavy atom. The molecule has 0 unspecified atom stereocenters. The van der Waals surface area contributed by atoms with Crippen molar-refractivity contribution in [1.82, 2.24) is 14.9 Å². The Hall–Kier alpha value is -2.87. The minimum Gasteiger partial charge on any atom is -0.395 e. The minimum absolute atomic E-state index is 0.0374. The lowest BCUT2D eigenvalue weighted by atomic mass is 9.92. The normalized spacial score (nSPS) is 18.4. The predicted molar refractivity (Wildman–Crippen MR) is 131 cm³/mol. The number of halogens is 2. The van der Waals surface area contributed by atoms with E-state index in [4.69, 9.17) is 11.6 Å². The highest BCUT2D eigenvalue weighted by molar-refractivity contribution is 6.29. The molecule has 3 atom stereocenters. The van der Waals surface area contributed by atoms with Crippen LogP contribution in [-0.2, 0) is 13.0 Å². The highest BCUT2D eigenvalue weighted by Crippen LogP contribution is 2.40. The fourth-order valence-corrected chi connectivity index (χ4v) is 4.95. The molecule has 3 aromatic rings. The Labute approximate surface area is 209 Å². The van der Waals surface area contributed by atoms with Gasteiger partial charge in [-0.25, -0.2) is 9.97 Å². The predicted octanol–water partition coefficient (Wildman–Crippen LogP) is 4.60. The molecule has 2 N–H and O–H groups in total. The van der Waals surface area contributed by atoms with E-state index in [1.165, 1.54) is 11.1 Å². The van der Waals surface area contributed by atoms with Crippen molar-refractivity contribution in [2.24, 2.45) is 11.8 Å². The van der Waals surface area contributed by atoms with E-state index in [1.54, 1.807) is 36.5 Å². The van der Waals surface area contributed by atoms with Crippen molar-refractivity contribution in [2.75, 3.05) is 13.2 Å². The molecular weight excluding hydrogens is 469 g/mol. The van der Waals surface area contributed by atoms with Crippen LogP contribution >= 0.6 is 11.6 Å². The Balaban J connectivity index is 1.35. The SMILES string of the molecule is O=C(c1ccc(C[C@@H]2CC[C@H]([C@H](O)c3ccc(Cl)nc3)C2)cc1)N(CCO)Cc1cccnc1F. The van der Waals surface area contributed by atoms with E-state index in [1.807, 2.05) is 18.2 Å². The lowest BCUT2D eigenvalue weighted by Gasteiger charge is -2.22. The second-order valence-electron chi connectivity index (χ2n) is 9.10. The smallest absolute Gasteiger partial charge is 0.254 e. The van der Waals surface area contributed by atoms with Gasteiger partial charge in [-0.3, -0.25) is 4.79 Å². The molecule has 2 aromatic heterocycles. The van der Waals surface area contributed by atoms with E-state index in [2.05, 4.69) is 9.97 Å². The third kappa shape index (κ3) is 6.42. The first-order valence-corrected chi connectivity index (χ1v) is 12.2. The molecule has 1 amide bonds. The molecule has 6 nitrogen and oxygen atoms in total. The fourth-order valence-electron chi connectivity index (χ4n) is 4.84. The van der Waals surface area contributed by atoms with Crippen LogP contribution in [-0.4, -0.2) is 44.1 Å². The Morgan fingerprint density at radius 3 is 2.63 bits per heavy atom. The van der Waals surface area contributed by atoms with Gasteiger partial charge in [0.05, 0.1) is 19.3 Å². The second kappa shape index (κ2) is 11.7. The monoisotopic (exact) mass is 497 g/mol. The molecule has 1 aliphatic rings. The molecule has 4 rings (SSSR count). The van der Waals surface area contributed by atoms with Crippen LogP contribution in [0.15, 0.2) is 60.9 Å². The van der Waals surface area contributed by atoms with Gasteiger partial charge in [0.1, 0.15) is 5.15 Å². The quantitative estimate of drug-likeness (QED) is 0.422. The van der Waals surface area contributed by atoms with Gasteiger partial charge in [0.15, 0.2) is 0 Å². The van der Waals surface area contributed by atoms with Crippen molar-refractivity contribution < 1.29 is 19.4 Å². The van der Waals surface area contributed by atoms with Crippen LogP contribution in [0, 0.1) is 17.8 Å². The van der Waals surface area contributed by atoms with Gasteiger partial charge in [0, 0.05) is 30.1 Å². The summed E-state index contributed by atoms with van der Waals surface area (Å²) >= 11 is 5.85. The number of aliphatic hydroxyl groups excluding tert-OH is 2. The molecule has 184 valence electrons. The summed E-state index contributed by atoms with van der Waals surface area (Å²) in [5.74, 6) is -0.250. The van der Waals surface area contributed by atoms with Crippen molar-refractivity contribution in [3.63, 3.8) is 0 Å². The molecule has 1 saturated carbocycles. The molecule has 0 bridgehead atoms. The standard InChI is InChI=1S/C27H29ClFN3O3/c28-24-10-9-22(16-31-24)25(34)21-8-5-19(15-21)14-18-3-6-20(7-4-18)27(35)32(12-13-33)17-23-2-1-11-30-26(23)29/h1-4,6-7,9-11,16,19,21,25,33-34H,5,8,12-15,17H2/t19-,21-,25-/m0/s1. The third-order valence-corrected chi connectivity index (χ3v) is 6.92. The van der Waals surface area contributed by atoms with Gasteiger partial charge in [-0.1, -0.05) is 35.9 Å². The highest BCUT2D eigenvalue weighted by Gasteiger charge is 2.31. The van der Waals surface area contributed by atoms with Gasteiger partial charge in [-0.15, -0.1) is 0 Å². The van der Waals surface area contributed by atoms with E-state index in [-0.39, 0.29) is 31.5 Å². The Kier molecular flexibility index (Phi) is 8.44. The largest absolute Gasteiger partial charge is 0.395 e. The molecule has 1 aromatic carbocycles. The van der Waals surface area contributed by atoms with Crippen molar-refractivity contribution in [3.05, 3.63) is 94.3 Å². The lowest BCUT2D eigenvalue weighted by Crippen LogP contribution is -2.33. The van der Waals surface area contributed by atoms with Gasteiger partial charge in [-0.05, 0) is 72.9 Å².